The monoisotopic (exact) mass is 389 g/mol. The second-order valence-electron chi connectivity index (χ2n) is 5.64. The van der Waals surface area contributed by atoms with Crippen LogP contribution in [0.1, 0.15) is 10.6 Å². The summed E-state index contributed by atoms with van der Waals surface area (Å²) in [5, 5.41) is 2.84. The van der Waals surface area contributed by atoms with Gasteiger partial charge in [-0.1, -0.05) is 0 Å². The van der Waals surface area contributed by atoms with Gasteiger partial charge >= 0.3 is 0 Å². The number of ether oxygens (including phenoxy) is 1. The third-order valence-electron chi connectivity index (χ3n) is 3.84. The first-order valence-electron chi connectivity index (χ1n) is 7.99. The van der Waals surface area contributed by atoms with Crippen LogP contribution in [0.15, 0.2) is 53.0 Å². The van der Waals surface area contributed by atoms with Gasteiger partial charge in [-0.05, 0) is 42.8 Å². The quantitative estimate of drug-likeness (QED) is 0.672. The van der Waals surface area contributed by atoms with Crippen LogP contribution in [0.3, 0.4) is 0 Å². The van der Waals surface area contributed by atoms with Crippen LogP contribution in [-0.4, -0.2) is 32.0 Å². The molecule has 2 aromatic heterocycles. The second-order valence-corrected chi connectivity index (χ2v) is 8.35. The van der Waals surface area contributed by atoms with Crippen LogP contribution in [-0.2, 0) is 16.4 Å². The molecule has 8 heteroatoms. The van der Waals surface area contributed by atoms with Gasteiger partial charge in [0.25, 0.3) is 0 Å². The van der Waals surface area contributed by atoms with Crippen molar-refractivity contribution in [3.63, 3.8) is 0 Å². The van der Waals surface area contributed by atoms with Gasteiger partial charge in [0.1, 0.15) is 5.75 Å². The van der Waals surface area contributed by atoms with Crippen molar-refractivity contribution in [1.29, 1.82) is 0 Å². The summed E-state index contributed by atoms with van der Waals surface area (Å²) < 4.78 is 32.6. The normalized spacial score (nSPS) is 11.5. The minimum atomic E-state index is -3.56. The lowest BCUT2D eigenvalue weighted by Gasteiger charge is -2.09. The molecule has 0 atom stereocenters. The van der Waals surface area contributed by atoms with E-state index in [0.29, 0.717) is 12.2 Å². The maximum atomic E-state index is 12.4. The fourth-order valence-electron chi connectivity index (χ4n) is 2.47. The van der Waals surface area contributed by atoms with Crippen molar-refractivity contribution in [2.75, 3.05) is 13.7 Å². The molecular formula is C18H19N3O3S2. The molecule has 0 radical (unpaired) electrons. The molecule has 0 bridgehead atoms. The number of pyridine rings is 1. The summed E-state index contributed by atoms with van der Waals surface area (Å²) >= 11 is 1.52. The molecule has 0 aliphatic carbocycles. The second kappa shape index (κ2) is 7.94. The van der Waals surface area contributed by atoms with Gasteiger partial charge in [0, 0.05) is 36.3 Å². The molecule has 0 spiro atoms. The van der Waals surface area contributed by atoms with E-state index in [9.17, 15) is 8.42 Å². The Morgan fingerprint density at radius 2 is 1.96 bits per heavy atom. The van der Waals surface area contributed by atoms with Crippen LogP contribution < -0.4 is 9.46 Å². The Bertz CT molecular complexity index is 986. The van der Waals surface area contributed by atoms with Gasteiger partial charge < -0.3 is 4.74 Å². The van der Waals surface area contributed by atoms with Crippen molar-refractivity contribution in [3.8, 4) is 17.0 Å². The van der Waals surface area contributed by atoms with Crippen LogP contribution in [0.4, 0.5) is 0 Å². The molecule has 0 saturated heterocycles. The number of sulfonamides is 1. The lowest BCUT2D eigenvalue weighted by molar-refractivity contribution is 0.411. The van der Waals surface area contributed by atoms with Gasteiger partial charge in [-0.15, -0.1) is 11.3 Å². The third kappa shape index (κ3) is 4.27. The predicted octanol–water partition coefficient (Wildman–Crippen LogP) is 3.04. The molecule has 0 amide bonds. The first-order valence-corrected chi connectivity index (χ1v) is 10.3. The largest absolute Gasteiger partial charge is 0.496 e. The molecule has 0 saturated carbocycles. The minimum absolute atomic E-state index is 0.229. The molecule has 0 unspecified atom stereocenters. The van der Waals surface area contributed by atoms with Crippen molar-refractivity contribution < 1.29 is 13.2 Å². The van der Waals surface area contributed by atoms with Crippen LogP contribution in [0.2, 0.25) is 0 Å². The van der Waals surface area contributed by atoms with Crippen molar-refractivity contribution in [2.45, 2.75) is 18.2 Å². The third-order valence-corrected chi connectivity index (χ3v) is 6.20. The van der Waals surface area contributed by atoms with Crippen molar-refractivity contribution >= 4 is 21.4 Å². The van der Waals surface area contributed by atoms with Crippen LogP contribution in [0.5, 0.6) is 5.75 Å². The number of hydrogen-bond acceptors (Lipinski definition) is 6. The number of hydrogen-bond donors (Lipinski definition) is 1. The van der Waals surface area contributed by atoms with Crippen molar-refractivity contribution in [2.24, 2.45) is 0 Å². The number of rotatable bonds is 7. The van der Waals surface area contributed by atoms with E-state index >= 15 is 0 Å². The number of aryl methyl sites for hydroxylation is 1. The minimum Gasteiger partial charge on any atom is -0.496 e. The molecule has 6 nitrogen and oxygen atoms in total. The van der Waals surface area contributed by atoms with Gasteiger partial charge in [0.2, 0.25) is 10.0 Å². The highest BCUT2D eigenvalue weighted by atomic mass is 32.2. The van der Waals surface area contributed by atoms with E-state index in [2.05, 4.69) is 14.7 Å². The zero-order chi connectivity index (χ0) is 18.6. The van der Waals surface area contributed by atoms with Crippen molar-refractivity contribution in [1.82, 2.24) is 14.7 Å². The molecular weight excluding hydrogens is 370 g/mol. The Kier molecular flexibility index (Phi) is 5.65. The molecule has 3 aromatic rings. The van der Waals surface area contributed by atoms with Gasteiger partial charge in [0.15, 0.2) is 0 Å². The summed E-state index contributed by atoms with van der Waals surface area (Å²) in [5.74, 6) is 0.662. The molecule has 0 aliphatic rings. The van der Waals surface area contributed by atoms with Crippen LogP contribution in [0, 0.1) is 6.92 Å². The zero-order valence-electron chi connectivity index (χ0n) is 14.5. The van der Waals surface area contributed by atoms with Gasteiger partial charge in [-0.2, -0.15) is 0 Å². The maximum Gasteiger partial charge on any atom is 0.240 e. The average Bonchev–Trinajstić information content (AvgIpc) is 3.11. The SMILES string of the molecule is COc1ccc(S(=O)(=O)NCCc2nc(-c3ccncc3)cs2)cc1C. The fourth-order valence-corrected chi connectivity index (χ4v) is 4.40. The summed E-state index contributed by atoms with van der Waals surface area (Å²) in [6.07, 6.45) is 3.97. The number of thiazole rings is 1. The molecule has 0 fully saturated rings. The number of methoxy groups -OCH3 is 1. The molecule has 2 heterocycles. The standard InChI is InChI=1S/C18H19N3O3S2/c1-13-11-15(3-4-17(13)24-2)26(22,23)20-10-7-18-21-16(12-25-18)14-5-8-19-9-6-14/h3-6,8-9,11-12,20H,7,10H2,1-2H3. The number of aromatic nitrogens is 2. The van der Waals surface area contributed by atoms with Crippen molar-refractivity contribution in [3.05, 3.63) is 58.7 Å². The van der Waals surface area contributed by atoms with E-state index in [0.717, 1.165) is 21.8 Å². The molecule has 1 N–H and O–H groups in total. The zero-order valence-corrected chi connectivity index (χ0v) is 16.1. The van der Waals surface area contributed by atoms with E-state index in [1.54, 1.807) is 37.7 Å². The van der Waals surface area contributed by atoms with E-state index in [1.165, 1.54) is 11.3 Å². The topological polar surface area (TPSA) is 81.2 Å². The van der Waals surface area contributed by atoms with E-state index in [1.807, 2.05) is 24.4 Å². The van der Waals surface area contributed by atoms with Crippen LogP contribution >= 0.6 is 11.3 Å². The Labute approximate surface area is 157 Å². The Morgan fingerprint density at radius 1 is 1.19 bits per heavy atom. The van der Waals surface area contributed by atoms with Crippen LogP contribution in [0.25, 0.3) is 11.3 Å². The summed E-state index contributed by atoms with van der Waals surface area (Å²) in [6.45, 7) is 2.10. The molecule has 1 aromatic carbocycles. The summed E-state index contributed by atoms with van der Waals surface area (Å²) in [4.78, 5) is 8.77. The molecule has 3 rings (SSSR count). The Balaban J connectivity index is 1.62. The summed E-state index contributed by atoms with van der Waals surface area (Å²) in [5.41, 5.74) is 2.65. The predicted molar refractivity (Wildman–Crippen MR) is 102 cm³/mol. The smallest absolute Gasteiger partial charge is 0.240 e. The fraction of sp³-hybridized carbons (Fsp3) is 0.222. The van der Waals surface area contributed by atoms with E-state index in [4.69, 9.17) is 4.74 Å². The highest BCUT2D eigenvalue weighted by Crippen LogP contribution is 2.22. The molecule has 136 valence electrons. The number of benzene rings is 1. The Hall–Kier alpha value is -2.29. The molecule has 26 heavy (non-hydrogen) atoms. The first-order chi connectivity index (χ1) is 12.5. The molecule has 0 aliphatic heterocycles. The first kappa shape index (κ1) is 18.5. The van der Waals surface area contributed by atoms with E-state index in [-0.39, 0.29) is 11.4 Å². The number of nitrogens with zero attached hydrogens (tertiary/aromatic N) is 2. The maximum absolute atomic E-state index is 12.4. The highest BCUT2D eigenvalue weighted by molar-refractivity contribution is 7.89. The lowest BCUT2D eigenvalue weighted by atomic mass is 10.2. The van der Waals surface area contributed by atoms with Gasteiger partial charge in [-0.25, -0.2) is 18.1 Å². The van der Waals surface area contributed by atoms with Gasteiger partial charge in [0.05, 0.1) is 22.7 Å². The average molecular weight is 390 g/mol. The Morgan fingerprint density at radius 3 is 2.65 bits per heavy atom. The summed E-state index contributed by atoms with van der Waals surface area (Å²) in [7, 11) is -2.00. The highest BCUT2D eigenvalue weighted by Gasteiger charge is 2.15. The van der Waals surface area contributed by atoms with Gasteiger partial charge in [-0.3, -0.25) is 4.98 Å². The lowest BCUT2D eigenvalue weighted by Crippen LogP contribution is -2.26. The van der Waals surface area contributed by atoms with E-state index < -0.39 is 10.0 Å². The summed E-state index contributed by atoms with van der Waals surface area (Å²) in [6, 6.07) is 8.60. The number of nitrogens with one attached hydrogen (secondary N) is 1.